The molecular formula is C22H17N3O5S. The number of fused-ring (bicyclic) bond motifs is 1. The molecule has 3 amide bonds. The van der Waals surface area contributed by atoms with Gasteiger partial charge in [0.05, 0.1) is 16.0 Å². The molecular weight excluding hydrogens is 418 g/mol. The molecule has 0 atom stereocenters. The van der Waals surface area contributed by atoms with Gasteiger partial charge in [-0.05, 0) is 61.5 Å². The average molecular weight is 435 g/mol. The predicted octanol–water partition coefficient (Wildman–Crippen LogP) is 2.93. The highest BCUT2D eigenvalue weighted by molar-refractivity contribution is 7.92. The van der Waals surface area contributed by atoms with E-state index < -0.39 is 27.7 Å². The van der Waals surface area contributed by atoms with Crippen LogP contribution in [0.1, 0.15) is 36.6 Å². The Bertz CT molecular complexity index is 1310. The maximum atomic E-state index is 12.5. The van der Waals surface area contributed by atoms with Crippen LogP contribution in [0.3, 0.4) is 0 Å². The van der Waals surface area contributed by atoms with Crippen molar-refractivity contribution in [2.24, 2.45) is 0 Å². The Kier molecular flexibility index (Phi) is 5.04. The predicted molar refractivity (Wildman–Crippen MR) is 115 cm³/mol. The van der Waals surface area contributed by atoms with Crippen LogP contribution < -0.4 is 15.4 Å². The summed E-state index contributed by atoms with van der Waals surface area (Å²) in [5, 5.41) is 4.84. The smallest absolute Gasteiger partial charge is 0.261 e. The van der Waals surface area contributed by atoms with Gasteiger partial charge in [0, 0.05) is 16.9 Å². The molecule has 3 aromatic carbocycles. The summed E-state index contributed by atoms with van der Waals surface area (Å²) in [5.74, 6) is -1.43. The van der Waals surface area contributed by atoms with Crippen molar-refractivity contribution in [3.05, 3.63) is 89.0 Å². The topological polar surface area (TPSA) is 121 Å². The summed E-state index contributed by atoms with van der Waals surface area (Å²) in [6.07, 6.45) is 0. The summed E-state index contributed by atoms with van der Waals surface area (Å²) in [6, 6.07) is 16.8. The molecule has 9 heteroatoms. The molecule has 0 bridgehead atoms. The van der Waals surface area contributed by atoms with Crippen LogP contribution >= 0.6 is 0 Å². The lowest BCUT2D eigenvalue weighted by atomic mass is 10.1. The van der Waals surface area contributed by atoms with Gasteiger partial charge in [-0.25, -0.2) is 8.42 Å². The van der Waals surface area contributed by atoms with Gasteiger partial charge in [0.2, 0.25) is 0 Å². The first-order valence-electron chi connectivity index (χ1n) is 9.23. The lowest BCUT2D eigenvalue weighted by Gasteiger charge is -2.10. The Labute approximate surface area is 178 Å². The lowest BCUT2D eigenvalue weighted by molar-refractivity contribution is 0.0878. The molecule has 31 heavy (non-hydrogen) atoms. The van der Waals surface area contributed by atoms with Crippen LogP contribution in [0.4, 0.5) is 11.4 Å². The summed E-state index contributed by atoms with van der Waals surface area (Å²) in [7, 11) is -3.74. The number of hydrogen-bond donors (Lipinski definition) is 3. The number of benzene rings is 3. The van der Waals surface area contributed by atoms with E-state index >= 15 is 0 Å². The number of amides is 3. The Morgan fingerprint density at radius 1 is 0.806 bits per heavy atom. The van der Waals surface area contributed by atoms with Crippen LogP contribution in [0.5, 0.6) is 0 Å². The highest BCUT2D eigenvalue weighted by atomic mass is 32.2. The third kappa shape index (κ3) is 4.17. The number of aryl methyl sites for hydroxylation is 1. The maximum absolute atomic E-state index is 12.5. The van der Waals surface area contributed by atoms with Crippen LogP contribution in [0, 0.1) is 6.92 Å². The van der Waals surface area contributed by atoms with Crippen molar-refractivity contribution < 1.29 is 22.8 Å². The minimum Gasteiger partial charge on any atom is -0.322 e. The number of sulfonamides is 1. The van der Waals surface area contributed by atoms with E-state index in [-0.39, 0.29) is 16.0 Å². The van der Waals surface area contributed by atoms with E-state index in [0.717, 1.165) is 5.56 Å². The van der Waals surface area contributed by atoms with E-state index in [1.807, 2.05) is 6.92 Å². The zero-order chi connectivity index (χ0) is 22.2. The summed E-state index contributed by atoms with van der Waals surface area (Å²) in [6.45, 7) is 1.87. The van der Waals surface area contributed by atoms with E-state index in [4.69, 9.17) is 0 Å². The Balaban J connectivity index is 1.46. The minimum absolute atomic E-state index is 0.138. The molecule has 1 aliphatic heterocycles. The molecule has 0 radical (unpaired) electrons. The van der Waals surface area contributed by atoms with E-state index in [9.17, 15) is 22.8 Å². The van der Waals surface area contributed by atoms with Crippen molar-refractivity contribution in [1.29, 1.82) is 0 Å². The van der Waals surface area contributed by atoms with Crippen LogP contribution in [-0.2, 0) is 10.0 Å². The van der Waals surface area contributed by atoms with E-state index in [0.29, 0.717) is 16.9 Å². The molecule has 0 saturated heterocycles. The molecule has 0 spiro atoms. The summed E-state index contributed by atoms with van der Waals surface area (Å²) < 4.78 is 27.4. The van der Waals surface area contributed by atoms with Crippen LogP contribution in [-0.4, -0.2) is 26.1 Å². The van der Waals surface area contributed by atoms with Crippen molar-refractivity contribution in [2.45, 2.75) is 11.8 Å². The van der Waals surface area contributed by atoms with Gasteiger partial charge < -0.3 is 5.32 Å². The molecule has 0 fully saturated rings. The third-order valence-electron chi connectivity index (χ3n) is 4.72. The zero-order valence-corrected chi connectivity index (χ0v) is 17.1. The fraction of sp³-hybridized carbons (Fsp3) is 0.0455. The van der Waals surface area contributed by atoms with Crippen LogP contribution in [0.15, 0.2) is 71.6 Å². The normalized spacial score (nSPS) is 12.8. The maximum Gasteiger partial charge on any atom is 0.261 e. The monoisotopic (exact) mass is 435 g/mol. The number of carbonyl (C=O) groups excluding carboxylic acids is 3. The van der Waals surface area contributed by atoms with Crippen molar-refractivity contribution in [1.82, 2.24) is 5.32 Å². The number of nitrogens with one attached hydrogen (secondary N) is 3. The number of hydrogen-bond acceptors (Lipinski definition) is 5. The highest BCUT2D eigenvalue weighted by Crippen LogP contribution is 2.22. The molecule has 0 unspecified atom stereocenters. The third-order valence-corrected chi connectivity index (χ3v) is 6.12. The fourth-order valence-corrected chi connectivity index (χ4v) is 4.13. The number of rotatable bonds is 5. The molecule has 0 saturated carbocycles. The van der Waals surface area contributed by atoms with Crippen molar-refractivity contribution in [2.75, 3.05) is 10.0 Å². The van der Waals surface area contributed by atoms with E-state index in [2.05, 4.69) is 15.4 Å². The van der Waals surface area contributed by atoms with Gasteiger partial charge in [-0.3, -0.25) is 24.4 Å². The van der Waals surface area contributed by atoms with Crippen LogP contribution in [0.2, 0.25) is 0 Å². The second-order valence-electron chi connectivity index (χ2n) is 6.99. The molecule has 1 aliphatic rings. The molecule has 3 aromatic rings. The minimum atomic E-state index is -3.74. The Morgan fingerprint density at radius 3 is 2.10 bits per heavy atom. The fourth-order valence-electron chi connectivity index (χ4n) is 3.07. The SMILES string of the molecule is Cc1ccc(S(=O)(=O)Nc2ccc(C(=O)Nc3ccc4c(c3)C(=O)NC4=O)cc2)cc1. The molecule has 0 aromatic heterocycles. The summed E-state index contributed by atoms with van der Waals surface area (Å²) in [5.41, 5.74) is 2.36. The average Bonchev–Trinajstić information content (AvgIpc) is 3.01. The standard InChI is InChI=1S/C22H17N3O5S/c1-13-2-9-17(10-3-13)31(29,30)25-15-6-4-14(5-7-15)20(26)23-16-8-11-18-19(12-16)22(28)24-21(18)27/h2-12,25H,1H3,(H,23,26)(H,24,27,28). The second-order valence-corrected chi connectivity index (χ2v) is 8.68. The van der Waals surface area contributed by atoms with Gasteiger partial charge >= 0.3 is 0 Å². The molecule has 4 rings (SSSR count). The van der Waals surface area contributed by atoms with Crippen molar-refractivity contribution in [3.8, 4) is 0 Å². The lowest BCUT2D eigenvalue weighted by Crippen LogP contribution is -2.19. The number of imide groups is 1. The highest BCUT2D eigenvalue weighted by Gasteiger charge is 2.26. The molecule has 3 N–H and O–H groups in total. The van der Waals surface area contributed by atoms with E-state index in [1.54, 1.807) is 12.1 Å². The molecule has 8 nitrogen and oxygen atoms in total. The van der Waals surface area contributed by atoms with Crippen molar-refractivity contribution in [3.63, 3.8) is 0 Å². The summed E-state index contributed by atoms with van der Waals surface area (Å²) >= 11 is 0. The Morgan fingerprint density at radius 2 is 1.42 bits per heavy atom. The van der Waals surface area contributed by atoms with Crippen LogP contribution in [0.25, 0.3) is 0 Å². The molecule has 156 valence electrons. The zero-order valence-electron chi connectivity index (χ0n) is 16.3. The first-order chi connectivity index (χ1) is 14.7. The first-order valence-corrected chi connectivity index (χ1v) is 10.7. The Hall–Kier alpha value is -3.98. The number of anilines is 2. The van der Waals surface area contributed by atoms with Gasteiger partial charge in [-0.1, -0.05) is 17.7 Å². The largest absolute Gasteiger partial charge is 0.322 e. The van der Waals surface area contributed by atoms with E-state index in [1.165, 1.54) is 54.6 Å². The second kappa shape index (κ2) is 7.69. The van der Waals surface area contributed by atoms with Gasteiger partial charge in [0.25, 0.3) is 27.7 Å². The first kappa shape index (κ1) is 20.3. The van der Waals surface area contributed by atoms with Gasteiger partial charge in [-0.15, -0.1) is 0 Å². The van der Waals surface area contributed by atoms with Gasteiger partial charge in [0.15, 0.2) is 0 Å². The molecule has 0 aliphatic carbocycles. The quantitative estimate of drug-likeness (QED) is 0.532. The molecule has 1 heterocycles. The number of carbonyl (C=O) groups is 3. The van der Waals surface area contributed by atoms with Gasteiger partial charge in [0.1, 0.15) is 0 Å². The van der Waals surface area contributed by atoms with Gasteiger partial charge in [-0.2, -0.15) is 0 Å². The van der Waals surface area contributed by atoms with Crippen molar-refractivity contribution >= 4 is 39.1 Å². The summed E-state index contributed by atoms with van der Waals surface area (Å²) in [4.78, 5) is 36.0.